The second-order valence-electron chi connectivity index (χ2n) is 8.02. The molecular weight excluding hydrogens is 492 g/mol. The number of ether oxygens (including phenoxy) is 3. The Kier molecular flexibility index (Phi) is 7.76. The van der Waals surface area contributed by atoms with Crippen molar-refractivity contribution < 1.29 is 23.9 Å². The van der Waals surface area contributed by atoms with E-state index in [0.717, 1.165) is 4.68 Å². The maximum atomic E-state index is 13.3. The van der Waals surface area contributed by atoms with Gasteiger partial charge in [-0.2, -0.15) is 9.78 Å². The average Bonchev–Trinajstić information content (AvgIpc) is 2.93. The van der Waals surface area contributed by atoms with Crippen molar-refractivity contribution in [3.05, 3.63) is 92.8 Å². The Hall–Kier alpha value is -5.06. The van der Waals surface area contributed by atoms with E-state index in [1.165, 1.54) is 32.4 Å². The smallest absolute Gasteiger partial charge is 0.347 e. The quantitative estimate of drug-likeness (QED) is 0.140. The fourth-order valence-electron chi connectivity index (χ4n) is 3.70. The van der Waals surface area contributed by atoms with Crippen molar-refractivity contribution in [1.29, 1.82) is 0 Å². The van der Waals surface area contributed by atoms with Crippen molar-refractivity contribution >= 4 is 28.8 Å². The SMILES string of the molecule is CCOC(=O)[C@@H](C)Oc1c(OC)cc(C=Nn2c(-c3ccccc3)nc3ccccc3c2=O)cc1[N+](=O)[O-]. The lowest BCUT2D eigenvalue weighted by Gasteiger charge is -2.16. The summed E-state index contributed by atoms with van der Waals surface area (Å²) < 4.78 is 16.9. The molecular formula is C27H24N4O7. The number of hydrogen-bond acceptors (Lipinski definition) is 9. The van der Waals surface area contributed by atoms with Crippen LogP contribution in [0, 0.1) is 10.1 Å². The molecule has 0 aliphatic rings. The molecule has 0 saturated carbocycles. The number of rotatable bonds is 9. The van der Waals surface area contributed by atoms with Gasteiger partial charge in [-0.05, 0) is 32.0 Å². The van der Waals surface area contributed by atoms with Crippen LogP contribution in [-0.4, -0.2) is 46.6 Å². The third kappa shape index (κ3) is 5.36. The van der Waals surface area contributed by atoms with Gasteiger partial charge >= 0.3 is 11.7 Å². The Labute approximate surface area is 217 Å². The van der Waals surface area contributed by atoms with Gasteiger partial charge in [0.05, 0.1) is 35.8 Å². The van der Waals surface area contributed by atoms with Crippen LogP contribution in [0.5, 0.6) is 11.5 Å². The average molecular weight is 517 g/mol. The summed E-state index contributed by atoms with van der Waals surface area (Å²) in [6.07, 6.45) is 0.177. The molecule has 0 N–H and O–H groups in total. The Morgan fingerprint density at radius 2 is 1.87 bits per heavy atom. The van der Waals surface area contributed by atoms with E-state index in [2.05, 4.69) is 10.1 Å². The van der Waals surface area contributed by atoms with Crippen LogP contribution in [0.3, 0.4) is 0 Å². The largest absolute Gasteiger partial charge is 0.493 e. The van der Waals surface area contributed by atoms with Crippen molar-refractivity contribution in [2.75, 3.05) is 13.7 Å². The lowest BCUT2D eigenvalue weighted by molar-refractivity contribution is -0.386. The highest BCUT2D eigenvalue weighted by atomic mass is 16.6. The molecule has 0 fully saturated rings. The van der Waals surface area contributed by atoms with Crippen molar-refractivity contribution in [2.45, 2.75) is 20.0 Å². The summed E-state index contributed by atoms with van der Waals surface area (Å²) in [5.74, 6) is -0.602. The number of esters is 1. The van der Waals surface area contributed by atoms with Gasteiger partial charge in [0.15, 0.2) is 17.7 Å². The molecule has 0 bridgehead atoms. The van der Waals surface area contributed by atoms with E-state index in [1.807, 2.05) is 18.2 Å². The first-order valence-electron chi connectivity index (χ1n) is 11.6. The van der Waals surface area contributed by atoms with Crippen molar-refractivity contribution in [3.63, 3.8) is 0 Å². The van der Waals surface area contributed by atoms with E-state index in [1.54, 1.807) is 43.3 Å². The zero-order chi connectivity index (χ0) is 27.2. The summed E-state index contributed by atoms with van der Waals surface area (Å²) in [6.45, 7) is 3.19. The predicted molar refractivity (Wildman–Crippen MR) is 141 cm³/mol. The van der Waals surface area contributed by atoms with Crippen molar-refractivity contribution in [3.8, 4) is 22.9 Å². The van der Waals surface area contributed by atoms with Crippen LogP contribution in [0.15, 0.2) is 76.6 Å². The Morgan fingerprint density at radius 3 is 2.55 bits per heavy atom. The van der Waals surface area contributed by atoms with Crippen molar-refractivity contribution in [2.24, 2.45) is 5.10 Å². The highest BCUT2D eigenvalue weighted by Crippen LogP contribution is 2.38. The van der Waals surface area contributed by atoms with Gasteiger partial charge in [-0.15, -0.1) is 0 Å². The zero-order valence-corrected chi connectivity index (χ0v) is 20.9. The van der Waals surface area contributed by atoms with E-state index >= 15 is 0 Å². The van der Waals surface area contributed by atoms with E-state index in [4.69, 9.17) is 14.2 Å². The number of nitro groups is 1. The molecule has 4 aromatic rings. The normalized spacial score (nSPS) is 11.9. The minimum absolute atomic E-state index is 0.00376. The summed E-state index contributed by atoms with van der Waals surface area (Å²) >= 11 is 0. The molecule has 0 saturated heterocycles. The molecule has 0 radical (unpaired) electrons. The number of nitrogens with zero attached hydrogens (tertiary/aromatic N) is 4. The fraction of sp³-hybridized carbons (Fsp3) is 0.185. The van der Waals surface area contributed by atoms with Crippen LogP contribution in [0.2, 0.25) is 0 Å². The number of benzene rings is 3. The first kappa shape index (κ1) is 26.0. The number of fused-ring (bicyclic) bond motifs is 1. The minimum Gasteiger partial charge on any atom is -0.493 e. The molecule has 0 amide bonds. The summed E-state index contributed by atoms with van der Waals surface area (Å²) in [6, 6.07) is 18.6. The minimum atomic E-state index is -1.11. The Morgan fingerprint density at radius 1 is 1.16 bits per heavy atom. The summed E-state index contributed by atoms with van der Waals surface area (Å²) in [5, 5.41) is 16.6. The standard InChI is InChI=1S/C27H24N4O7/c1-4-37-27(33)17(2)38-24-22(31(34)35)14-18(15-23(24)36-3)16-28-30-25(19-10-6-5-7-11-19)29-21-13-9-8-12-20(21)26(30)32/h5-17H,4H2,1-3H3/t17-/m1/s1. The Bertz CT molecular complexity index is 1580. The second-order valence-corrected chi connectivity index (χ2v) is 8.02. The lowest BCUT2D eigenvalue weighted by atomic mass is 10.1. The highest BCUT2D eigenvalue weighted by molar-refractivity contribution is 5.84. The molecule has 0 aliphatic heterocycles. The van der Waals surface area contributed by atoms with Crippen LogP contribution in [0.4, 0.5) is 5.69 Å². The number of carbonyl (C=O) groups excluding carboxylic acids is 1. The molecule has 3 aromatic carbocycles. The molecule has 1 aromatic heterocycles. The van der Waals surface area contributed by atoms with Gasteiger partial charge in [-0.1, -0.05) is 42.5 Å². The molecule has 0 unspecified atom stereocenters. The van der Waals surface area contributed by atoms with Crippen molar-refractivity contribution in [1.82, 2.24) is 9.66 Å². The summed E-state index contributed by atoms with van der Waals surface area (Å²) in [7, 11) is 1.31. The van der Waals surface area contributed by atoms with E-state index in [0.29, 0.717) is 22.3 Å². The topological polar surface area (TPSA) is 135 Å². The number of carbonyl (C=O) groups is 1. The van der Waals surface area contributed by atoms with Gasteiger partial charge in [0.1, 0.15) is 0 Å². The Balaban J connectivity index is 1.82. The van der Waals surface area contributed by atoms with Gasteiger partial charge in [-0.3, -0.25) is 14.9 Å². The second kappa shape index (κ2) is 11.3. The van der Waals surface area contributed by atoms with Gasteiger partial charge in [-0.25, -0.2) is 9.78 Å². The van der Waals surface area contributed by atoms with Crippen LogP contribution in [0.1, 0.15) is 19.4 Å². The zero-order valence-electron chi connectivity index (χ0n) is 20.9. The molecule has 194 valence electrons. The fourth-order valence-corrected chi connectivity index (χ4v) is 3.70. The lowest BCUT2D eigenvalue weighted by Crippen LogP contribution is -2.26. The predicted octanol–water partition coefficient (Wildman–Crippen LogP) is 4.19. The molecule has 1 heterocycles. The maximum Gasteiger partial charge on any atom is 0.347 e. The van der Waals surface area contributed by atoms with E-state index in [9.17, 15) is 19.7 Å². The molecule has 4 rings (SSSR count). The third-order valence-electron chi connectivity index (χ3n) is 5.50. The molecule has 1 atom stereocenters. The monoisotopic (exact) mass is 516 g/mol. The first-order chi connectivity index (χ1) is 18.3. The van der Waals surface area contributed by atoms with Crippen LogP contribution >= 0.6 is 0 Å². The van der Waals surface area contributed by atoms with Gasteiger partial charge in [0.25, 0.3) is 5.56 Å². The summed E-state index contributed by atoms with van der Waals surface area (Å²) in [5.41, 5.74) is 0.568. The first-order valence-corrected chi connectivity index (χ1v) is 11.6. The third-order valence-corrected chi connectivity index (χ3v) is 5.50. The van der Waals surface area contributed by atoms with Crippen LogP contribution < -0.4 is 15.0 Å². The molecule has 0 spiro atoms. The molecule has 11 nitrogen and oxygen atoms in total. The van der Waals surface area contributed by atoms with Crippen LogP contribution in [-0.2, 0) is 9.53 Å². The number of nitro benzene ring substituents is 1. The molecule has 0 aliphatic carbocycles. The van der Waals surface area contributed by atoms with Crippen LogP contribution in [0.25, 0.3) is 22.3 Å². The molecule has 11 heteroatoms. The van der Waals surface area contributed by atoms with E-state index in [-0.39, 0.29) is 23.7 Å². The van der Waals surface area contributed by atoms with Gasteiger partial charge in [0.2, 0.25) is 5.75 Å². The summed E-state index contributed by atoms with van der Waals surface area (Å²) in [4.78, 5) is 41.2. The molecule has 38 heavy (non-hydrogen) atoms. The number of methoxy groups -OCH3 is 1. The highest BCUT2D eigenvalue weighted by Gasteiger charge is 2.27. The number of hydrogen-bond donors (Lipinski definition) is 0. The maximum absolute atomic E-state index is 13.3. The number of aromatic nitrogens is 2. The van der Waals surface area contributed by atoms with E-state index < -0.39 is 28.2 Å². The van der Waals surface area contributed by atoms with Gasteiger partial charge < -0.3 is 14.2 Å². The van der Waals surface area contributed by atoms with Gasteiger partial charge in [0, 0.05) is 17.2 Å². The number of para-hydroxylation sites is 1.